The van der Waals surface area contributed by atoms with E-state index in [9.17, 15) is 0 Å². The van der Waals surface area contributed by atoms with E-state index in [1.54, 1.807) is 0 Å². The van der Waals surface area contributed by atoms with E-state index in [4.69, 9.17) is 4.74 Å². The average molecular weight is 661 g/mol. The molecule has 9 heterocycles. The molecule has 6 aromatic heterocycles. The minimum Gasteiger partial charge on any atom is -0.348 e. The summed E-state index contributed by atoms with van der Waals surface area (Å²) >= 11 is 0. The smallest absolute Gasteiger partial charge is 0.348 e. The van der Waals surface area contributed by atoms with Crippen molar-refractivity contribution < 1.29 is 13.9 Å². The van der Waals surface area contributed by atoms with Gasteiger partial charge < -0.3 is 13.5 Å². The topological polar surface area (TPSA) is 25.8 Å². The Morgan fingerprint density at radius 1 is 0.365 bits per heavy atom. The molecule has 3 aliphatic rings. The normalized spacial score (nSPS) is 16.7. The standard InChI is InChI=1S/C47H24N4O/c1-3-14-28-25(11-1)26-12-2-4-15-29(26)42-39(28)33-22-24-38-51-44(33)46-41(32-17-7-10-20-36(32)49(42)46)47(51)40-31-16-6-9-19-35(31)48-34-18-8-5-13-27(34)30-21-23-37(52-38)50(47)43(30)45(40)48/h1-24H/q+2. The molecular weight excluding hydrogens is 637 g/mol. The maximum Gasteiger partial charge on any atom is 0.428 e. The van der Waals surface area contributed by atoms with Gasteiger partial charge in [0.25, 0.3) is 0 Å². The third kappa shape index (κ3) is 2.29. The number of pyridine rings is 4. The van der Waals surface area contributed by atoms with Crippen molar-refractivity contribution in [2.24, 2.45) is 0 Å². The van der Waals surface area contributed by atoms with Crippen LogP contribution in [0.5, 0.6) is 11.8 Å². The van der Waals surface area contributed by atoms with Gasteiger partial charge in [-0.05, 0) is 46.5 Å². The van der Waals surface area contributed by atoms with E-state index in [1.807, 2.05) is 0 Å². The van der Waals surface area contributed by atoms with Gasteiger partial charge in [0.15, 0.2) is 0 Å². The van der Waals surface area contributed by atoms with Crippen molar-refractivity contribution in [2.75, 3.05) is 0 Å². The lowest BCUT2D eigenvalue weighted by molar-refractivity contribution is -0.958. The molecule has 236 valence electrons. The fourth-order valence-electron chi connectivity index (χ4n) is 11.2. The van der Waals surface area contributed by atoms with Crippen molar-refractivity contribution in [1.82, 2.24) is 8.80 Å². The first-order valence-electron chi connectivity index (χ1n) is 18.0. The van der Waals surface area contributed by atoms with Gasteiger partial charge in [-0.1, -0.05) is 112 Å². The minimum absolute atomic E-state index is 0.727. The van der Waals surface area contributed by atoms with Crippen LogP contribution in [0.4, 0.5) is 0 Å². The second kappa shape index (κ2) is 7.83. The van der Waals surface area contributed by atoms with E-state index in [-0.39, 0.29) is 0 Å². The molecule has 1 unspecified atom stereocenters. The lowest BCUT2D eigenvalue weighted by atomic mass is 9.90. The number of nitrogens with zero attached hydrogens (tertiary/aromatic N) is 4. The summed E-state index contributed by atoms with van der Waals surface area (Å²) in [7, 11) is 0. The predicted molar refractivity (Wildman–Crippen MR) is 207 cm³/mol. The number of aromatic nitrogens is 4. The van der Waals surface area contributed by atoms with Crippen molar-refractivity contribution >= 4 is 98.0 Å². The maximum absolute atomic E-state index is 7.06. The molecule has 0 bridgehead atoms. The fourth-order valence-corrected chi connectivity index (χ4v) is 11.2. The Balaban J connectivity index is 1.33. The van der Waals surface area contributed by atoms with Crippen molar-refractivity contribution in [3.63, 3.8) is 0 Å². The summed E-state index contributed by atoms with van der Waals surface area (Å²) in [5.74, 6) is 1.72. The number of hydrogen-bond donors (Lipinski definition) is 0. The Kier molecular flexibility index (Phi) is 3.77. The van der Waals surface area contributed by atoms with Gasteiger partial charge in [0.2, 0.25) is 11.0 Å². The fraction of sp³-hybridized carbons (Fsp3) is 0.0213. The van der Waals surface area contributed by atoms with E-state index in [2.05, 4.69) is 164 Å². The van der Waals surface area contributed by atoms with Crippen molar-refractivity contribution in [1.29, 1.82) is 0 Å². The highest BCUT2D eigenvalue weighted by Crippen LogP contribution is 2.57. The molecule has 0 saturated heterocycles. The molecule has 0 fully saturated rings. The highest BCUT2D eigenvalue weighted by atomic mass is 16.5. The molecule has 1 atom stereocenters. The molecule has 0 radical (unpaired) electrons. The molecule has 3 aliphatic heterocycles. The lowest BCUT2D eigenvalue weighted by Gasteiger charge is -2.24. The van der Waals surface area contributed by atoms with Gasteiger partial charge in [-0.15, -0.1) is 0 Å². The van der Waals surface area contributed by atoms with Crippen molar-refractivity contribution in [3.8, 4) is 11.8 Å². The van der Waals surface area contributed by atoms with Gasteiger partial charge in [0, 0.05) is 26.9 Å². The quantitative estimate of drug-likeness (QED) is 0.117. The second-order valence-corrected chi connectivity index (χ2v) is 14.8. The zero-order valence-electron chi connectivity index (χ0n) is 27.6. The number of para-hydroxylation sites is 3. The van der Waals surface area contributed by atoms with Crippen LogP contribution in [0.2, 0.25) is 0 Å². The Hall–Kier alpha value is -6.98. The van der Waals surface area contributed by atoms with Crippen molar-refractivity contribution in [2.45, 2.75) is 5.66 Å². The first-order chi connectivity index (χ1) is 25.9. The van der Waals surface area contributed by atoms with Crippen LogP contribution < -0.4 is 13.9 Å². The summed E-state index contributed by atoms with van der Waals surface area (Å²) in [5, 5.41) is 12.6. The second-order valence-electron chi connectivity index (χ2n) is 14.8. The predicted octanol–water partition coefficient (Wildman–Crippen LogP) is 10.0. The average Bonchev–Trinajstić information content (AvgIpc) is 3.92. The number of benzene rings is 6. The van der Waals surface area contributed by atoms with E-state index in [0.29, 0.717) is 0 Å². The Bertz CT molecular complexity index is 3790. The summed E-state index contributed by atoms with van der Waals surface area (Å²) in [6.07, 6.45) is 0. The summed E-state index contributed by atoms with van der Waals surface area (Å²) in [5.41, 5.74) is 11.8. The highest BCUT2D eigenvalue weighted by Gasteiger charge is 2.72. The van der Waals surface area contributed by atoms with Crippen molar-refractivity contribution in [3.05, 3.63) is 157 Å². The molecule has 0 amide bonds. The Morgan fingerprint density at radius 3 is 1.50 bits per heavy atom. The van der Waals surface area contributed by atoms with Gasteiger partial charge >= 0.3 is 17.4 Å². The molecule has 12 aromatic rings. The summed E-state index contributed by atoms with van der Waals surface area (Å²) in [4.78, 5) is 0. The van der Waals surface area contributed by atoms with Gasteiger partial charge in [0.05, 0.1) is 45.0 Å². The van der Waals surface area contributed by atoms with Crippen LogP contribution in [0.3, 0.4) is 0 Å². The number of rotatable bonds is 0. The van der Waals surface area contributed by atoms with E-state index in [1.165, 1.54) is 109 Å². The SMILES string of the molecule is c1ccc2c(c1)c1c3c4c(ccc5[n+]4C14c1c6ccccc6n6c1c1c(ccc([n+]14)O5)c1c4ccccc4c4ccccc4c16)c1ccccc1n23. The van der Waals surface area contributed by atoms with E-state index < -0.39 is 5.66 Å². The van der Waals surface area contributed by atoms with Crippen LogP contribution in [-0.2, 0) is 5.66 Å². The number of hydrogen-bond acceptors (Lipinski definition) is 1. The minimum atomic E-state index is -0.727. The van der Waals surface area contributed by atoms with Crippen LogP contribution in [0.15, 0.2) is 146 Å². The molecule has 0 saturated carbocycles. The van der Waals surface area contributed by atoms with Crippen LogP contribution in [0.1, 0.15) is 11.1 Å². The van der Waals surface area contributed by atoms with Crippen LogP contribution in [-0.4, -0.2) is 8.80 Å². The maximum atomic E-state index is 7.06. The van der Waals surface area contributed by atoms with Gasteiger partial charge in [-0.3, -0.25) is 0 Å². The first kappa shape index (κ1) is 25.0. The Morgan fingerprint density at radius 2 is 0.827 bits per heavy atom. The molecule has 0 aliphatic carbocycles. The van der Waals surface area contributed by atoms with Gasteiger partial charge in [-0.2, -0.15) is 0 Å². The molecule has 6 aromatic carbocycles. The molecule has 0 N–H and O–H groups in total. The molecule has 5 nitrogen and oxygen atoms in total. The van der Waals surface area contributed by atoms with Gasteiger partial charge in [0.1, 0.15) is 22.2 Å². The summed E-state index contributed by atoms with van der Waals surface area (Å²) in [6, 6.07) is 54.0. The van der Waals surface area contributed by atoms with Crippen LogP contribution in [0, 0.1) is 0 Å². The lowest BCUT2D eigenvalue weighted by Crippen LogP contribution is -2.74. The van der Waals surface area contributed by atoms with E-state index in [0.717, 1.165) is 11.8 Å². The highest BCUT2D eigenvalue weighted by molar-refractivity contribution is 6.33. The Labute approximate surface area is 293 Å². The number of ether oxygens (including phenoxy) is 1. The molecule has 52 heavy (non-hydrogen) atoms. The van der Waals surface area contributed by atoms with E-state index >= 15 is 0 Å². The third-order valence-corrected chi connectivity index (χ3v) is 12.8. The molecule has 1 spiro atoms. The summed E-state index contributed by atoms with van der Waals surface area (Å²) < 4.78 is 17.3. The number of fused-ring (bicyclic) bond motifs is 17. The zero-order chi connectivity index (χ0) is 33.2. The summed E-state index contributed by atoms with van der Waals surface area (Å²) in [6.45, 7) is 0. The van der Waals surface area contributed by atoms with Crippen LogP contribution >= 0.6 is 0 Å². The zero-order valence-corrected chi connectivity index (χ0v) is 27.6. The third-order valence-electron chi connectivity index (χ3n) is 12.8. The molecule has 15 rings (SSSR count). The van der Waals surface area contributed by atoms with Gasteiger partial charge in [-0.25, -0.2) is 0 Å². The molecule has 5 heteroatoms. The molecular formula is C47H24N4O+2. The largest absolute Gasteiger partial charge is 0.428 e. The van der Waals surface area contributed by atoms with Crippen LogP contribution in [0.25, 0.3) is 98.0 Å². The monoisotopic (exact) mass is 660 g/mol. The first-order valence-corrected chi connectivity index (χ1v) is 18.0.